The lowest BCUT2D eigenvalue weighted by Crippen LogP contribution is -2.09. The van der Waals surface area contributed by atoms with Gasteiger partial charge in [0.25, 0.3) is 0 Å². The van der Waals surface area contributed by atoms with Gasteiger partial charge in [0.1, 0.15) is 11.0 Å². The zero-order valence-corrected chi connectivity index (χ0v) is 24.7. The molecule has 0 saturated carbocycles. The number of methoxy groups -OCH3 is 2. The van der Waals surface area contributed by atoms with Crippen LogP contribution in [0.3, 0.4) is 0 Å². The maximum Gasteiger partial charge on any atom is 0.213 e. The van der Waals surface area contributed by atoms with Gasteiger partial charge < -0.3 is 20.1 Å². The summed E-state index contributed by atoms with van der Waals surface area (Å²) in [5, 5.41) is 10.4. The molecule has 2 aromatic carbocycles. The van der Waals surface area contributed by atoms with Crippen LogP contribution in [0.15, 0.2) is 60.7 Å². The number of ether oxygens (including phenoxy) is 2. The quantitative estimate of drug-likeness (QED) is 0.126. The molecule has 11 heteroatoms. The minimum Gasteiger partial charge on any atom is -0.481 e. The predicted molar refractivity (Wildman–Crippen MR) is 171 cm³/mol. The number of anilines is 2. The Morgan fingerprint density at radius 2 is 1.02 bits per heavy atom. The zero-order chi connectivity index (χ0) is 27.6. The molecule has 4 aromatic heterocycles. The molecule has 0 saturated heterocycles. The molecule has 0 unspecified atom stereocenters. The number of benzene rings is 2. The predicted octanol–water partition coefficient (Wildman–Crippen LogP) is 7.93. The van der Waals surface area contributed by atoms with Crippen molar-refractivity contribution in [1.82, 2.24) is 19.9 Å². The summed E-state index contributed by atoms with van der Waals surface area (Å²) in [6.07, 6.45) is 1.83. The van der Waals surface area contributed by atoms with Crippen LogP contribution in [0, 0.1) is 0 Å². The first-order valence-corrected chi connectivity index (χ1v) is 13.7. The molecule has 0 aliphatic rings. The van der Waals surface area contributed by atoms with E-state index in [0.717, 1.165) is 81.2 Å². The first-order chi connectivity index (χ1) is 19.5. The molecule has 0 amide bonds. The minimum atomic E-state index is 0. The Morgan fingerprint density at radius 1 is 0.585 bits per heavy atom. The highest BCUT2D eigenvalue weighted by atomic mass is 35.5. The normalized spacial score (nSPS) is 11.1. The number of halogens is 3. The molecule has 6 aromatic rings. The average Bonchev–Trinajstić information content (AvgIpc) is 2.97. The number of hydrogen-bond donors (Lipinski definition) is 2. The van der Waals surface area contributed by atoms with E-state index >= 15 is 0 Å². The number of aromatic nitrogens is 4. The van der Waals surface area contributed by atoms with Gasteiger partial charge in [0.05, 0.1) is 47.7 Å². The number of rotatable bonds is 9. The van der Waals surface area contributed by atoms with E-state index in [-0.39, 0.29) is 12.4 Å². The molecule has 0 atom stereocenters. The summed E-state index contributed by atoms with van der Waals surface area (Å²) in [6, 6.07) is 18.9. The zero-order valence-electron chi connectivity index (χ0n) is 22.4. The van der Waals surface area contributed by atoms with Gasteiger partial charge in [0.2, 0.25) is 11.8 Å². The van der Waals surface area contributed by atoms with E-state index < -0.39 is 0 Å². The lowest BCUT2D eigenvalue weighted by atomic mass is 10.1. The molecule has 8 nitrogen and oxygen atoms in total. The Labute approximate surface area is 252 Å². The molecular formula is C30H27Cl3N6O2. The molecule has 4 heterocycles. The third-order valence-electron chi connectivity index (χ3n) is 6.74. The summed E-state index contributed by atoms with van der Waals surface area (Å²) in [5.41, 5.74) is 6.55. The average molecular weight is 610 g/mol. The molecule has 210 valence electrons. The fraction of sp³-hybridized carbons (Fsp3) is 0.200. The second-order valence-corrected chi connectivity index (χ2v) is 10.2. The van der Waals surface area contributed by atoms with Gasteiger partial charge in [-0.15, -0.1) is 12.4 Å². The SMILES string of the molecule is COc1ccc2nc3cc(Cl)ccc3c(NCCCCNc3c4ccc(Cl)cc4nc4ccc(OC)nc34)c2n1.Cl. The fourth-order valence-electron chi connectivity index (χ4n) is 4.81. The van der Waals surface area contributed by atoms with Gasteiger partial charge in [0.15, 0.2) is 0 Å². The molecule has 0 spiro atoms. The van der Waals surface area contributed by atoms with Crippen LogP contribution in [-0.4, -0.2) is 47.2 Å². The molecule has 0 bridgehead atoms. The third-order valence-corrected chi connectivity index (χ3v) is 7.21. The number of nitrogens with zero attached hydrogens (tertiary/aromatic N) is 4. The van der Waals surface area contributed by atoms with Crippen molar-refractivity contribution >= 4 is 90.9 Å². The van der Waals surface area contributed by atoms with E-state index in [0.29, 0.717) is 21.8 Å². The summed E-state index contributed by atoms with van der Waals surface area (Å²) >= 11 is 12.5. The number of hydrogen-bond acceptors (Lipinski definition) is 8. The van der Waals surface area contributed by atoms with E-state index in [9.17, 15) is 0 Å². The number of nitrogens with one attached hydrogen (secondary N) is 2. The molecule has 0 radical (unpaired) electrons. The first kappa shape index (κ1) is 28.7. The Kier molecular flexibility index (Phi) is 8.63. The summed E-state index contributed by atoms with van der Waals surface area (Å²) in [5.74, 6) is 1.08. The summed E-state index contributed by atoms with van der Waals surface area (Å²) < 4.78 is 10.7. The van der Waals surface area contributed by atoms with Crippen LogP contribution < -0.4 is 20.1 Å². The summed E-state index contributed by atoms with van der Waals surface area (Å²) in [4.78, 5) is 18.9. The van der Waals surface area contributed by atoms with E-state index in [1.54, 1.807) is 14.2 Å². The molecule has 0 fully saturated rings. The summed E-state index contributed by atoms with van der Waals surface area (Å²) in [6.45, 7) is 1.49. The van der Waals surface area contributed by atoms with E-state index in [1.165, 1.54) is 0 Å². The topological polar surface area (TPSA) is 94.1 Å². The molecule has 0 aliphatic heterocycles. The fourth-order valence-corrected chi connectivity index (χ4v) is 5.14. The van der Waals surface area contributed by atoms with Crippen LogP contribution in [-0.2, 0) is 0 Å². The van der Waals surface area contributed by atoms with Crippen molar-refractivity contribution in [2.75, 3.05) is 37.9 Å². The largest absolute Gasteiger partial charge is 0.481 e. The number of fused-ring (bicyclic) bond motifs is 4. The Morgan fingerprint density at radius 3 is 1.44 bits per heavy atom. The van der Waals surface area contributed by atoms with Crippen molar-refractivity contribution in [1.29, 1.82) is 0 Å². The van der Waals surface area contributed by atoms with Gasteiger partial charge in [-0.2, -0.15) is 0 Å². The van der Waals surface area contributed by atoms with Crippen molar-refractivity contribution in [2.45, 2.75) is 12.8 Å². The minimum absolute atomic E-state index is 0. The van der Waals surface area contributed by atoms with Gasteiger partial charge in [-0.3, -0.25) is 0 Å². The Bertz CT molecular complexity index is 1750. The van der Waals surface area contributed by atoms with Crippen molar-refractivity contribution < 1.29 is 9.47 Å². The maximum absolute atomic E-state index is 6.25. The van der Waals surface area contributed by atoms with Crippen LogP contribution >= 0.6 is 35.6 Å². The van der Waals surface area contributed by atoms with Gasteiger partial charge >= 0.3 is 0 Å². The second-order valence-electron chi connectivity index (χ2n) is 9.30. The van der Waals surface area contributed by atoms with Crippen LogP contribution in [0.4, 0.5) is 11.4 Å². The van der Waals surface area contributed by atoms with Crippen molar-refractivity contribution in [2.24, 2.45) is 0 Å². The molecular weight excluding hydrogens is 583 g/mol. The second kappa shape index (κ2) is 12.3. The van der Waals surface area contributed by atoms with Crippen LogP contribution in [0.2, 0.25) is 10.0 Å². The lowest BCUT2D eigenvalue weighted by molar-refractivity contribution is 0.399. The number of unbranched alkanes of at least 4 members (excludes halogenated alkanes) is 1. The van der Waals surface area contributed by atoms with Gasteiger partial charge in [-0.1, -0.05) is 23.2 Å². The van der Waals surface area contributed by atoms with Crippen LogP contribution in [0.1, 0.15) is 12.8 Å². The van der Waals surface area contributed by atoms with Crippen molar-refractivity contribution in [3.8, 4) is 11.8 Å². The standard InChI is InChI=1S/C30H26Cl2N6O2.ClH/c1-39-25-11-9-21-29(37-25)27(19-7-5-17(31)15-23(19)35-21)33-13-3-4-14-34-28-20-8-6-18(32)16-24(20)36-22-10-12-26(40-2)38-30(22)28;/h5-12,15-16H,3-4,13-14H2,1-2H3,(H,33,35)(H,34,36);1H. The van der Waals surface area contributed by atoms with Gasteiger partial charge in [0, 0.05) is 46.0 Å². The highest BCUT2D eigenvalue weighted by molar-refractivity contribution is 6.32. The van der Waals surface area contributed by atoms with Gasteiger partial charge in [-0.25, -0.2) is 19.9 Å². The van der Waals surface area contributed by atoms with Crippen molar-refractivity contribution in [3.63, 3.8) is 0 Å². The first-order valence-electron chi connectivity index (χ1n) is 12.9. The van der Waals surface area contributed by atoms with E-state index in [4.69, 9.17) is 42.6 Å². The van der Waals surface area contributed by atoms with Crippen LogP contribution in [0.25, 0.3) is 43.9 Å². The maximum atomic E-state index is 6.25. The van der Waals surface area contributed by atoms with E-state index in [1.807, 2.05) is 60.7 Å². The van der Waals surface area contributed by atoms with Gasteiger partial charge in [-0.05, 0) is 61.4 Å². The molecule has 2 N–H and O–H groups in total. The highest BCUT2D eigenvalue weighted by Crippen LogP contribution is 2.34. The Balaban J connectivity index is 0.00000337. The third kappa shape index (κ3) is 5.81. The molecule has 0 aliphatic carbocycles. The lowest BCUT2D eigenvalue weighted by Gasteiger charge is -2.15. The monoisotopic (exact) mass is 608 g/mol. The van der Waals surface area contributed by atoms with Crippen molar-refractivity contribution in [3.05, 3.63) is 70.7 Å². The summed E-state index contributed by atoms with van der Waals surface area (Å²) in [7, 11) is 3.22. The molecule has 41 heavy (non-hydrogen) atoms. The highest BCUT2D eigenvalue weighted by Gasteiger charge is 2.14. The molecule has 6 rings (SSSR count). The van der Waals surface area contributed by atoms with Crippen LogP contribution in [0.5, 0.6) is 11.8 Å². The number of pyridine rings is 4. The smallest absolute Gasteiger partial charge is 0.213 e. The Hall–Kier alpha value is -3.85. The van der Waals surface area contributed by atoms with E-state index in [2.05, 4.69) is 20.6 Å².